The van der Waals surface area contributed by atoms with E-state index in [-0.39, 0.29) is 67.5 Å². The highest BCUT2D eigenvalue weighted by atomic mass is 35.5. The van der Waals surface area contributed by atoms with Crippen molar-refractivity contribution in [2.45, 2.75) is 69.9 Å². The number of hydrogen-bond donors (Lipinski definition) is 5. The first-order chi connectivity index (χ1) is 26.9. The third-order valence-electron chi connectivity index (χ3n) is 9.67. The van der Waals surface area contributed by atoms with Crippen molar-refractivity contribution in [2.24, 2.45) is 0 Å². The standard InChI is InChI=1S/C40H42Cl2N4O10/c1-53-37-21(17-43-19-23(47)15-35(49)50)13-31(41)39(45-37)55-33-11-9-27-25(5-3-7-29(27)33)26-6-4-8-30-28(26)10-12-34(30)56-40-32(42)14-22(38(46-40)54-2)18-44-20-24(48)16-36(51)52/h3-8,13-14,23,33-34,43-44,47H,9-12,15-20H2,1-2H3,(H,49,50)(H,51,52)/t23-,33?,34?/m0/s1. The van der Waals surface area contributed by atoms with Gasteiger partial charge in [-0.1, -0.05) is 59.6 Å². The van der Waals surface area contributed by atoms with Gasteiger partial charge in [0.1, 0.15) is 28.7 Å². The van der Waals surface area contributed by atoms with Crippen LogP contribution < -0.4 is 29.6 Å². The van der Waals surface area contributed by atoms with Crippen molar-refractivity contribution < 1.29 is 48.7 Å². The van der Waals surface area contributed by atoms with Crippen molar-refractivity contribution in [1.82, 2.24) is 20.6 Å². The van der Waals surface area contributed by atoms with E-state index in [9.17, 15) is 19.5 Å². The van der Waals surface area contributed by atoms with Gasteiger partial charge >= 0.3 is 11.9 Å². The highest BCUT2D eigenvalue weighted by Crippen LogP contribution is 2.46. The molecule has 0 fully saturated rings. The molecule has 3 atom stereocenters. The lowest BCUT2D eigenvalue weighted by Gasteiger charge is -2.19. The summed E-state index contributed by atoms with van der Waals surface area (Å²) in [6, 6.07) is 15.8. The van der Waals surface area contributed by atoms with Crippen LogP contribution in [0.3, 0.4) is 0 Å². The number of fused-ring (bicyclic) bond motifs is 2. The van der Waals surface area contributed by atoms with Crippen molar-refractivity contribution in [3.05, 3.63) is 92.0 Å². The van der Waals surface area contributed by atoms with Crippen molar-refractivity contribution in [1.29, 1.82) is 0 Å². The van der Waals surface area contributed by atoms with Gasteiger partial charge in [0.2, 0.25) is 23.5 Å². The van der Waals surface area contributed by atoms with Crippen LogP contribution in [0.2, 0.25) is 10.0 Å². The second kappa shape index (κ2) is 18.3. The third kappa shape index (κ3) is 9.51. The van der Waals surface area contributed by atoms with Crippen LogP contribution in [0.25, 0.3) is 11.1 Å². The summed E-state index contributed by atoms with van der Waals surface area (Å²) >= 11 is 13.3. The molecule has 56 heavy (non-hydrogen) atoms. The molecule has 2 aliphatic rings. The first-order valence-electron chi connectivity index (χ1n) is 18.0. The Labute approximate surface area is 333 Å². The Morgan fingerprint density at radius 2 is 1.27 bits per heavy atom. The topological polar surface area (TPSA) is 199 Å². The Bertz CT molecular complexity index is 2120. The smallest absolute Gasteiger partial charge is 0.310 e. The van der Waals surface area contributed by atoms with Crippen LogP contribution in [0, 0.1) is 0 Å². The van der Waals surface area contributed by atoms with E-state index in [0.29, 0.717) is 34.9 Å². The van der Waals surface area contributed by atoms with Crippen LogP contribution in [0.5, 0.6) is 23.5 Å². The quantitative estimate of drug-likeness (QED) is 0.0728. The molecule has 0 spiro atoms. The zero-order valence-electron chi connectivity index (χ0n) is 30.8. The summed E-state index contributed by atoms with van der Waals surface area (Å²) in [6.45, 7) is 0.397. The molecule has 0 bridgehead atoms. The Kier molecular flexibility index (Phi) is 13.3. The molecule has 6 rings (SSSR count). The number of aromatic nitrogens is 2. The van der Waals surface area contributed by atoms with Gasteiger partial charge in [0.15, 0.2) is 5.78 Å². The van der Waals surface area contributed by atoms with Gasteiger partial charge in [0, 0.05) is 30.8 Å². The van der Waals surface area contributed by atoms with Crippen LogP contribution in [-0.4, -0.2) is 76.4 Å². The van der Waals surface area contributed by atoms with E-state index in [1.807, 2.05) is 12.1 Å². The Morgan fingerprint density at radius 1 is 0.768 bits per heavy atom. The number of ketones is 1. The third-order valence-corrected chi connectivity index (χ3v) is 10.2. The second-order valence-electron chi connectivity index (χ2n) is 13.5. The van der Waals surface area contributed by atoms with Gasteiger partial charge in [-0.3, -0.25) is 14.4 Å². The number of carboxylic acid groups (broad SMARTS) is 2. The SMILES string of the molecule is COc1nc(OC2CCc3c(-c4cccc5c4CCC5Oc4nc(OC)c(CNC[C@@H](O)CC(=O)O)cc4Cl)cccc32)c(Cl)cc1CNCC(=O)CC(=O)O. The van der Waals surface area contributed by atoms with Gasteiger partial charge in [0.25, 0.3) is 0 Å². The van der Waals surface area contributed by atoms with Gasteiger partial charge in [-0.2, -0.15) is 9.97 Å². The number of benzene rings is 2. The monoisotopic (exact) mass is 808 g/mol. The predicted molar refractivity (Wildman–Crippen MR) is 206 cm³/mol. The number of aliphatic hydroxyl groups excluding tert-OH is 1. The number of Topliss-reactive ketones (excluding diaryl/α,β-unsaturated/α-hetero) is 1. The number of nitrogens with one attached hydrogen (secondary N) is 2. The minimum atomic E-state index is -1.18. The molecule has 2 unspecified atom stereocenters. The summed E-state index contributed by atoms with van der Waals surface area (Å²) in [4.78, 5) is 42.5. The number of halogens is 2. The Hall–Kier alpha value is -4.99. The number of carbonyl (C=O) groups excluding carboxylic acids is 1. The number of hydrogen-bond acceptors (Lipinski definition) is 12. The molecule has 0 aliphatic heterocycles. The van der Waals surface area contributed by atoms with Crippen molar-refractivity contribution in [3.8, 4) is 34.6 Å². The van der Waals surface area contributed by atoms with Gasteiger partial charge < -0.3 is 44.9 Å². The fourth-order valence-electron chi connectivity index (χ4n) is 7.23. The molecule has 2 aromatic carbocycles. The number of rotatable bonds is 19. The summed E-state index contributed by atoms with van der Waals surface area (Å²) in [5.74, 6) is -1.67. The highest BCUT2D eigenvalue weighted by molar-refractivity contribution is 6.32. The molecule has 2 heterocycles. The zero-order valence-corrected chi connectivity index (χ0v) is 32.3. The fraction of sp³-hybridized carbons (Fsp3) is 0.375. The predicted octanol–water partition coefficient (Wildman–Crippen LogP) is 5.66. The van der Waals surface area contributed by atoms with Gasteiger partial charge in [-0.05, 0) is 71.2 Å². The maximum Gasteiger partial charge on any atom is 0.310 e. The maximum atomic E-state index is 11.8. The van der Waals surface area contributed by atoms with Crippen LogP contribution in [0.1, 0.15) is 71.3 Å². The summed E-state index contributed by atoms with van der Waals surface area (Å²) in [7, 11) is 2.97. The van der Waals surface area contributed by atoms with Gasteiger partial charge in [-0.25, -0.2) is 0 Å². The summed E-state index contributed by atoms with van der Waals surface area (Å²) in [5, 5.41) is 34.1. The average molecular weight is 810 g/mol. The van der Waals surface area contributed by atoms with E-state index in [0.717, 1.165) is 35.1 Å². The molecule has 0 radical (unpaired) electrons. The van der Waals surface area contributed by atoms with Crippen LogP contribution in [-0.2, 0) is 40.3 Å². The maximum absolute atomic E-state index is 11.8. The number of carbonyl (C=O) groups is 3. The van der Waals surface area contributed by atoms with E-state index in [4.69, 9.17) is 52.4 Å². The lowest BCUT2D eigenvalue weighted by atomic mass is 9.91. The van der Waals surface area contributed by atoms with Crippen LogP contribution in [0.4, 0.5) is 0 Å². The largest absolute Gasteiger partial charge is 0.481 e. The molecular weight excluding hydrogens is 767 g/mol. The molecule has 296 valence electrons. The van der Waals surface area contributed by atoms with Crippen LogP contribution >= 0.6 is 23.2 Å². The van der Waals surface area contributed by atoms with E-state index in [1.165, 1.54) is 25.3 Å². The minimum absolute atomic E-state index is 0.0733. The van der Waals surface area contributed by atoms with E-state index < -0.39 is 30.2 Å². The van der Waals surface area contributed by atoms with E-state index in [1.54, 1.807) is 12.1 Å². The number of aliphatic carboxylic acids is 2. The number of methoxy groups -OCH3 is 2. The molecule has 0 amide bonds. The lowest BCUT2D eigenvalue weighted by molar-refractivity contribution is -0.141. The lowest BCUT2D eigenvalue weighted by Crippen LogP contribution is -2.28. The Balaban J connectivity index is 1.16. The van der Waals surface area contributed by atoms with E-state index in [2.05, 4.69) is 44.9 Å². The van der Waals surface area contributed by atoms with Gasteiger partial charge in [-0.15, -0.1) is 0 Å². The van der Waals surface area contributed by atoms with Crippen molar-refractivity contribution >= 4 is 40.9 Å². The van der Waals surface area contributed by atoms with E-state index >= 15 is 0 Å². The first-order valence-corrected chi connectivity index (χ1v) is 18.8. The normalized spacial score (nSPS) is 16.2. The molecule has 16 heteroatoms. The number of pyridine rings is 2. The number of carboxylic acids is 2. The van der Waals surface area contributed by atoms with Crippen molar-refractivity contribution in [2.75, 3.05) is 27.3 Å². The number of aliphatic hydroxyl groups is 1. The molecule has 0 saturated carbocycles. The number of ether oxygens (including phenoxy) is 4. The molecule has 14 nitrogen and oxygen atoms in total. The molecular formula is C40H42Cl2N4O10. The molecule has 5 N–H and O–H groups in total. The molecule has 2 aliphatic carbocycles. The second-order valence-corrected chi connectivity index (χ2v) is 14.3. The highest BCUT2D eigenvalue weighted by Gasteiger charge is 2.32. The summed E-state index contributed by atoms with van der Waals surface area (Å²) in [6.07, 6.45) is 0.420. The number of nitrogens with zero attached hydrogens (tertiary/aromatic N) is 2. The molecule has 0 saturated heterocycles. The molecule has 2 aromatic heterocycles. The van der Waals surface area contributed by atoms with Crippen molar-refractivity contribution in [3.63, 3.8) is 0 Å². The Morgan fingerprint density at radius 3 is 1.73 bits per heavy atom. The zero-order chi connectivity index (χ0) is 39.9. The minimum Gasteiger partial charge on any atom is -0.481 e. The summed E-state index contributed by atoms with van der Waals surface area (Å²) < 4.78 is 23.9. The summed E-state index contributed by atoms with van der Waals surface area (Å²) in [5.41, 5.74) is 7.91. The average Bonchev–Trinajstić information content (AvgIpc) is 3.77. The first kappa shape index (κ1) is 40.7. The molecule has 4 aromatic rings. The van der Waals surface area contributed by atoms with Gasteiger partial charge in [0.05, 0.1) is 33.3 Å². The fourth-order valence-corrected chi connectivity index (χ4v) is 7.66. The van der Waals surface area contributed by atoms with Crippen LogP contribution in [0.15, 0.2) is 48.5 Å².